The van der Waals surface area contributed by atoms with E-state index in [0.717, 1.165) is 18.6 Å². The van der Waals surface area contributed by atoms with E-state index in [4.69, 9.17) is 0 Å². The maximum atomic E-state index is 14.7. The fourth-order valence-corrected chi connectivity index (χ4v) is 4.68. The molecular weight excluding hydrogens is 459 g/mol. The molecular formula is C22H17F5N6O. The normalized spacial score (nSPS) is 21.7. The van der Waals surface area contributed by atoms with Crippen LogP contribution < -0.4 is 5.32 Å². The minimum atomic E-state index is -4.59. The van der Waals surface area contributed by atoms with E-state index in [-0.39, 0.29) is 40.8 Å². The van der Waals surface area contributed by atoms with Gasteiger partial charge >= 0.3 is 6.18 Å². The molecule has 0 radical (unpaired) electrons. The Morgan fingerprint density at radius 2 is 1.76 bits per heavy atom. The summed E-state index contributed by atoms with van der Waals surface area (Å²) in [6, 6.07) is 3.50. The van der Waals surface area contributed by atoms with Crippen LogP contribution in [-0.4, -0.2) is 49.4 Å². The summed E-state index contributed by atoms with van der Waals surface area (Å²) >= 11 is 0. The Labute approximate surface area is 190 Å². The van der Waals surface area contributed by atoms with Crippen molar-refractivity contribution in [2.75, 3.05) is 11.9 Å². The monoisotopic (exact) mass is 476 g/mol. The number of amides is 1. The number of alkyl halides is 3. The number of hydrogen-bond donors (Lipinski definition) is 1. The van der Waals surface area contributed by atoms with Crippen LogP contribution in [0.25, 0.3) is 11.4 Å². The van der Waals surface area contributed by atoms with Gasteiger partial charge in [0.2, 0.25) is 0 Å². The molecule has 1 saturated heterocycles. The second kappa shape index (κ2) is 8.26. The topological polar surface area (TPSA) is 83.9 Å². The van der Waals surface area contributed by atoms with Crippen LogP contribution in [0.1, 0.15) is 28.9 Å². The van der Waals surface area contributed by atoms with E-state index in [1.54, 1.807) is 4.90 Å². The summed E-state index contributed by atoms with van der Waals surface area (Å²) in [7, 11) is 0. The lowest BCUT2D eigenvalue weighted by Gasteiger charge is -2.34. The molecule has 1 N–H and O–H groups in total. The molecule has 5 rings (SSSR count). The Morgan fingerprint density at radius 3 is 2.41 bits per heavy atom. The van der Waals surface area contributed by atoms with E-state index in [9.17, 15) is 26.7 Å². The van der Waals surface area contributed by atoms with Crippen molar-refractivity contribution in [3.8, 4) is 11.4 Å². The van der Waals surface area contributed by atoms with Crippen LogP contribution >= 0.6 is 0 Å². The summed E-state index contributed by atoms with van der Waals surface area (Å²) in [5, 5.41) is 3.08. The highest BCUT2D eigenvalue weighted by atomic mass is 19.4. The standard InChI is InChI=1S/C22H17F5N6O/c23-12-6-30-20(31-7-12)19-13(2-1-3-14(19)24)21(34)33-10-11-4-15(16(33)5-11)32-18-9-28-17(8-29-18)22(25,26)27/h1-3,6-9,11,15-16H,4-5,10H2,(H,29,32)/t11-,15?,16?/m0/s1. The Hall–Kier alpha value is -3.70. The molecule has 2 unspecified atom stereocenters. The Balaban J connectivity index is 1.38. The number of halogens is 5. The lowest BCUT2D eigenvalue weighted by Crippen LogP contribution is -2.48. The van der Waals surface area contributed by atoms with E-state index in [1.165, 1.54) is 18.2 Å². The first-order valence-electron chi connectivity index (χ1n) is 10.4. The number of likely N-dealkylation sites (tertiary alicyclic amines) is 1. The minimum absolute atomic E-state index is 0.0484. The predicted molar refractivity (Wildman–Crippen MR) is 109 cm³/mol. The Kier molecular flexibility index (Phi) is 5.37. The molecule has 1 saturated carbocycles. The first kappa shape index (κ1) is 22.1. The Bertz CT molecular complexity index is 1220. The lowest BCUT2D eigenvalue weighted by atomic mass is 10.0. The third kappa shape index (κ3) is 4.03. The molecule has 2 aromatic heterocycles. The third-order valence-corrected chi connectivity index (χ3v) is 6.11. The molecule has 1 aliphatic carbocycles. The zero-order valence-corrected chi connectivity index (χ0v) is 17.4. The summed E-state index contributed by atoms with van der Waals surface area (Å²) in [5.41, 5.74) is -1.16. The van der Waals surface area contributed by atoms with Crippen LogP contribution in [0.15, 0.2) is 43.0 Å². The molecule has 176 valence electrons. The first-order chi connectivity index (χ1) is 16.2. The van der Waals surface area contributed by atoms with Gasteiger partial charge in [0.15, 0.2) is 17.3 Å². The molecule has 0 spiro atoms. The largest absolute Gasteiger partial charge is 0.434 e. The van der Waals surface area contributed by atoms with E-state index in [1.807, 2.05) is 0 Å². The summed E-state index contributed by atoms with van der Waals surface area (Å²) in [5.74, 6) is -1.60. The van der Waals surface area contributed by atoms with Crippen molar-refractivity contribution in [1.82, 2.24) is 24.8 Å². The second-order valence-electron chi connectivity index (χ2n) is 8.29. The zero-order chi connectivity index (χ0) is 24.0. The van der Waals surface area contributed by atoms with Crippen LogP contribution in [0.4, 0.5) is 27.8 Å². The van der Waals surface area contributed by atoms with Gasteiger partial charge in [-0.15, -0.1) is 0 Å². The lowest BCUT2D eigenvalue weighted by molar-refractivity contribution is -0.141. The van der Waals surface area contributed by atoms with Gasteiger partial charge in [-0.1, -0.05) is 6.07 Å². The van der Waals surface area contributed by atoms with Gasteiger partial charge < -0.3 is 10.2 Å². The molecule has 12 heteroatoms. The molecule has 1 aromatic carbocycles. The number of carbonyl (C=O) groups excluding carboxylic acids is 1. The number of fused-ring (bicyclic) bond motifs is 2. The van der Waals surface area contributed by atoms with E-state index in [0.29, 0.717) is 25.6 Å². The van der Waals surface area contributed by atoms with Gasteiger partial charge in [0, 0.05) is 12.6 Å². The number of hydrogen-bond acceptors (Lipinski definition) is 6. The average Bonchev–Trinajstić information content (AvgIpc) is 3.40. The quantitative estimate of drug-likeness (QED) is 0.575. The number of piperidine rings is 1. The highest BCUT2D eigenvalue weighted by molar-refractivity contribution is 6.00. The number of anilines is 1. The number of carbonyl (C=O) groups is 1. The molecule has 2 aliphatic rings. The Morgan fingerprint density at radius 1 is 1.00 bits per heavy atom. The van der Waals surface area contributed by atoms with Gasteiger partial charge in [-0.05, 0) is 30.9 Å². The van der Waals surface area contributed by atoms with Crippen LogP contribution in [0.5, 0.6) is 0 Å². The molecule has 3 atom stereocenters. The fourth-order valence-electron chi connectivity index (χ4n) is 4.68. The molecule has 1 aliphatic heterocycles. The molecule has 3 heterocycles. The zero-order valence-electron chi connectivity index (χ0n) is 17.4. The van der Waals surface area contributed by atoms with Gasteiger partial charge in [-0.3, -0.25) is 4.79 Å². The molecule has 3 aromatic rings. The van der Waals surface area contributed by atoms with Gasteiger partial charge in [-0.2, -0.15) is 13.2 Å². The summed E-state index contributed by atoms with van der Waals surface area (Å²) < 4.78 is 66.1. The smallest absolute Gasteiger partial charge is 0.364 e. The van der Waals surface area contributed by atoms with Crippen LogP contribution in [-0.2, 0) is 6.18 Å². The summed E-state index contributed by atoms with van der Waals surface area (Å²) in [6.07, 6.45) is 0.261. The molecule has 2 fully saturated rings. The summed E-state index contributed by atoms with van der Waals surface area (Å²) in [4.78, 5) is 29.9. The molecule has 1 amide bonds. The number of aromatic nitrogens is 4. The minimum Gasteiger partial charge on any atom is -0.364 e. The van der Waals surface area contributed by atoms with Crippen LogP contribution in [0.3, 0.4) is 0 Å². The van der Waals surface area contributed by atoms with E-state index in [2.05, 4.69) is 25.3 Å². The predicted octanol–water partition coefficient (Wildman–Crippen LogP) is 3.95. The van der Waals surface area contributed by atoms with Crippen molar-refractivity contribution in [3.63, 3.8) is 0 Å². The molecule has 7 nitrogen and oxygen atoms in total. The summed E-state index contributed by atoms with van der Waals surface area (Å²) in [6.45, 7) is 0.459. The highest BCUT2D eigenvalue weighted by Gasteiger charge is 2.47. The van der Waals surface area contributed by atoms with Gasteiger partial charge in [0.1, 0.15) is 11.6 Å². The van der Waals surface area contributed by atoms with Crippen LogP contribution in [0, 0.1) is 17.6 Å². The third-order valence-electron chi connectivity index (χ3n) is 6.11. The van der Waals surface area contributed by atoms with Crippen molar-refractivity contribution >= 4 is 11.7 Å². The fraction of sp³-hybridized carbons (Fsp3) is 0.318. The molecule has 2 bridgehead atoms. The van der Waals surface area contributed by atoms with Crippen LogP contribution in [0.2, 0.25) is 0 Å². The first-order valence-corrected chi connectivity index (χ1v) is 10.4. The van der Waals surface area contributed by atoms with Crippen molar-refractivity contribution < 1.29 is 26.7 Å². The highest BCUT2D eigenvalue weighted by Crippen LogP contribution is 2.40. The number of nitrogens with one attached hydrogen (secondary N) is 1. The number of rotatable bonds is 4. The van der Waals surface area contributed by atoms with E-state index >= 15 is 0 Å². The van der Waals surface area contributed by atoms with Gasteiger partial charge in [0.25, 0.3) is 5.91 Å². The number of benzene rings is 1. The van der Waals surface area contributed by atoms with Crippen molar-refractivity contribution in [3.05, 3.63) is 65.9 Å². The van der Waals surface area contributed by atoms with E-state index < -0.39 is 29.4 Å². The van der Waals surface area contributed by atoms with Gasteiger partial charge in [0.05, 0.1) is 42.0 Å². The molecule has 34 heavy (non-hydrogen) atoms. The number of nitrogens with zero attached hydrogens (tertiary/aromatic N) is 5. The maximum Gasteiger partial charge on any atom is 0.434 e. The van der Waals surface area contributed by atoms with Crippen molar-refractivity contribution in [2.45, 2.75) is 31.1 Å². The van der Waals surface area contributed by atoms with Gasteiger partial charge in [-0.25, -0.2) is 28.7 Å². The SMILES string of the molecule is O=C(c1cccc(F)c1-c1ncc(F)cn1)N1C[C@H]2CC(Nc3cnc(C(F)(F)F)cn3)C1C2. The maximum absolute atomic E-state index is 14.7. The second-order valence-corrected chi connectivity index (χ2v) is 8.29. The van der Waals surface area contributed by atoms with Crippen molar-refractivity contribution in [2.24, 2.45) is 5.92 Å². The average molecular weight is 476 g/mol. The van der Waals surface area contributed by atoms with Crippen molar-refractivity contribution in [1.29, 1.82) is 0 Å².